The van der Waals surface area contributed by atoms with Gasteiger partial charge in [0, 0.05) is 24.1 Å². The molecular formula is C21H22N2O5S. The Bertz CT molecular complexity index is 958. The van der Waals surface area contributed by atoms with Crippen LogP contribution in [-0.4, -0.2) is 46.3 Å². The van der Waals surface area contributed by atoms with E-state index in [0.717, 1.165) is 10.5 Å². The second-order valence-corrected chi connectivity index (χ2v) is 7.22. The van der Waals surface area contributed by atoms with Crippen molar-refractivity contribution in [1.82, 2.24) is 5.32 Å². The first-order valence-electron chi connectivity index (χ1n) is 8.90. The highest BCUT2D eigenvalue weighted by Crippen LogP contribution is 2.40. The van der Waals surface area contributed by atoms with E-state index in [4.69, 9.17) is 14.2 Å². The molecule has 8 heteroatoms. The predicted molar refractivity (Wildman–Crippen MR) is 113 cm³/mol. The summed E-state index contributed by atoms with van der Waals surface area (Å²) in [6.07, 6.45) is 1.79. The number of anilines is 1. The third-order valence-corrected chi connectivity index (χ3v) is 5.33. The molecule has 2 aromatic rings. The fourth-order valence-corrected chi connectivity index (χ4v) is 3.70. The van der Waals surface area contributed by atoms with Crippen LogP contribution in [0.3, 0.4) is 0 Å². The number of benzene rings is 2. The van der Waals surface area contributed by atoms with Gasteiger partial charge in [-0.05, 0) is 42.0 Å². The zero-order valence-corrected chi connectivity index (χ0v) is 17.2. The number of fused-ring (bicyclic) bond motifs is 1. The minimum absolute atomic E-state index is 0.212. The van der Waals surface area contributed by atoms with E-state index in [1.165, 1.54) is 11.8 Å². The topological polar surface area (TPSA) is 85.9 Å². The molecule has 29 heavy (non-hydrogen) atoms. The van der Waals surface area contributed by atoms with Gasteiger partial charge < -0.3 is 24.8 Å². The Morgan fingerprint density at radius 2 is 1.90 bits per heavy atom. The summed E-state index contributed by atoms with van der Waals surface area (Å²) < 4.78 is 15.5. The molecule has 0 aliphatic carbocycles. The van der Waals surface area contributed by atoms with Crippen molar-refractivity contribution in [2.75, 3.05) is 39.8 Å². The normalized spacial score (nSPS) is 14.2. The quantitative estimate of drug-likeness (QED) is 0.535. The lowest BCUT2D eigenvalue weighted by Gasteiger charge is -2.19. The maximum atomic E-state index is 12.6. The molecule has 0 aromatic heterocycles. The van der Waals surface area contributed by atoms with E-state index < -0.39 is 0 Å². The number of thioether (sulfide) groups is 1. The summed E-state index contributed by atoms with van der Waals surface area (Å²) in [7, 11) is 4.71. The molecule has 152 valence electrons. The number of amides is 2. The molecule has 0 atom stereocenters. The van der Waals surface area contributed by atoms with Gasteiger partial charge in [-0.15, -0.1) is 0 Å². The van der Waals surface area contributed by atoms with Crippen LogP contribution in [0.1, 0.15) is 15.9 Å². The van der Waals surface area contributed by atoms with Gasteiger partial charge in [0.1, 0.15) is 0 Å². The summed E-state index contributed by atoms with van der Waals surface area (Å²) in [4.78, 5) is 26.2. The van der Waals surface area contributed by atoms with E-state index in [1.54, 1.807) is 45.6 Å². The first kappa shape index (κ1) is 20.8. The second-order valence-electron chi connectivity index (χ2n) is 6.14. The van der Waals surface area contributed by atoms with E-state index in [2.05, 4.69) is 10.6 Å². The van der Waals surface area contributed by atoms with Crippen LogP contribution >= 0.6 is 11.8 Å². The molecule has 2 aromatic carbocycles. The zero-order valence-electron chi connectivity index (χ0n) is 16.4. The lowest BCUT2D eigenvalue weighted by Crippen LogP contribution is -2.27. The highest BCUT2D eigenvalue weighted by molar-refractivity contribution is 8.04. The summed E-state index contributed by atoms with van der Waals surface area (Å²) in [6.45, 7) is 0.860. The summed E-state index contributed by atoms with van der Waals surface area (Å²) >= 11 is 1.35. The first-order chi connectivity index (χ1) is 14.0. The van der Waals surface area contributed by atoms with Crippen LogP contribution in [0.25, 0.3) is 6.08 Å². The SMILES string of the molecule is COCCNC(=O)c1ccc2c(c1)NC(=O)/C(=C\c1ccc(OC)c(OC)c1)S2. The Hall–Kier alpha value is -2.97. The molecule has 3 rings (SSSR count). The highest BCUT2D eigenvalue weighted by atomic mass is 32.2. The maximum Gasteiger partial charge on any atom is 0.262 e. The van der Waals surface area contributed by atoms with Crippen molar-refractivity contribution in [2.24, 2.45) is 0 Å². The number of hydrogen-bond donors (Lipinski definition) is 2. The highest BCUT2D eigenvalue weighted by Gasteiger charge is 2.22. The van der Waals surface area contributed by atoms with Gasteiger partial charge in [0.15, 0.2) is 11.5 Å². The number of rotatable bonds is 7. The largest absolute Gasteiger partial charge is 0.493 e. The van der Waals surface area contributed by atoms with Crippen molar-refractivity contribution in [1.29, 1.82) is 0 Å². The van der Waals surface area contributed by atoms with E-state index in [9.17, 15) is 9.59 Å². The molecule has 2 N–H and O–H groups in total. The molecule has 2 amide bonds. The van der Waals surface area contributed by atoms with Crippen LogP contribution in [0.15, 0.2) is 46.2 Å². The summed E-state index contributed by atoms with van der Waals surface area (Å²) in [5.41, 5.74) is 1.91. The van der Waals surface area contributed by atoms with Gasteiger partial charge in [-0.2, -0.15) is 0 Å². The van der Waals surface area contributed by atoms with Crippen molar-refractivity contribution in [3.8, 4) is 11.5 Å². The molecule has 0 radical (unpaired) electrons. The fraction of sp³-hybridized carbons (Fsp3) is 0.238. The lowest BCUT2D eigenvalue weighted by atomic mass is 10.1. The van der Waals surface area contributed by atoms with Gasteiger partial charge in [-0.1, -0.05) is 17.8 Å². The standard InChI is InChI=1S/C21H22N2O5S/c1-26-9-8-22-20(24)14-5-7-18-15(12-14)23-21(25)19(29-18)11-13-4-6-16(27-2)17(10-13)28-3/h4-7,10-12H,8-9H2,1-3H3,(H,22,24)(H,23,25)/b19-11+. The van der Waals surface area contributed by atoms with Crippen LogP contribution in [0.4, 0.5) is 5.69 Å². The molecule has 0 unspecified atom stereocenters. The zero-order chi connectivity index (χ0) is 20.8. The van der Waals surface area contributed by atoms with Crippen molar-refractivity contribution in [3.05, 3.63) is 52.4 Å². The van der Waals surface area contributed by atoms with Gasteiger partial charge in [0.25, 0.3) is 11.8 Å². The molecule has 1 aliphatic rings. The van der Waals surface area contributed by atoms with Crippen LogP contribution in [0, 0.1) is 0 Å². The van der Waals surface area contributed by atoms with Crippen LogP contribution in [-0.2, 0) is 9.53 Å². The Balaban J connectivity index is 1.80. The number of carbonyl (C=O) groups excluding carboxylic acids is 2. The number of hydrogen-bond acceptors (Lipinski definition) is 6. The molecule has 1 heterocycles. The van der Waals surface area contributed by atoms with Crippen molar-refractivity contribution in [2.45, 2.75) is 4.90 Å². The molecule has 0 saturated heterocycles. The number of carbonyl (C=O) groups is 2. The van der Waals surface area contributed by atoms with Crippen LogP contribution in [0.5, 0.6) is 11.5 Å². The van der Waals surface area contributed by atoms with E-state index in [1.807, 2.05) is 18.2 Å². The Morgan fingerprint density at radius 1 is 1.10 bits per heavy atom. The monoisotopic (exact) mass is 414 g/mol. The van der Waals surface area contributed by atoms with Crippen molar-refractivity contribution < 1.29 is 23.8 Å². The molecular weight excluding hydrogens is 392 g/mol. The van der Waals surface area contributed by atoms with Crippen LogP contribution < -0.4 is 20.1 Å². The van der Waals surface area contributed by atoms with Crippen molar-refractivity contribution in [3.63, 3.8) is 0 Å². The molecule has 0 saturated carbocycles. The van der Waals surface area contributed by atoms with E-state index in [0.29, 0.717) is 40.8 Å². The molecule has 1 aliphatic heterocycles. The molecule has 0 bridgehead atoms. The van der Waals surface area contributed by atoms with Crippen LogP contribution in [0.2, 0.25) is 0 Å². The van der Waals surface area contributed by atoms with Gasteiger partial charge >= 0.3 is 0 Å². The Morgan fingerprint density at radius 3 is 2.62 bits per heavy atom. The third-order valence-electron chi connectivity index (χ3n) is 4.23. The van der Waals surface area contributed by atoms with E-state index in [-0.39, 0.29) is 11.8 Å². The van der Waals surface area contributed by atoms with Crippen molar-refractivity contribution >= 4 is 35.3 Å². The lowest BCUT2D eigenvalue weighted by molar-refractivity contribution is -0.112. The Kier molecular flexibility index (Phi) is 6.79. The predicted octanol–water partition coefficient (Wildman–Crippen LogP) is 3.17. The van der Waals surface area contributed by atoms with Gasteiger partial charge in [-0.3, -0.25) is 9.59 Å². The molecule has 0 fully saturated rings. The first-order valence-corrected chi connectivity index (χ1v) is 9.71. The minimum atomic E-state index is -0.228. The summed E-state index contributed by atoms with van der Waals surface area (Å²) in [6, 6.07) is 10.7. The average molecular weight is 414 g/mol. The summed E-state index contributed by atoms with van der Waals surface area (Å²) in [5.74, 6) is 0.773. The van der Waals surface area contributed by atoms with Gasteiger partial charge in [-0.25, -0.2) is 0 Å². The number of methoxy groups -OCH3 is 3. The summed E-state index contributed by atoms with van der Waals surface area (Å²) in [5, 5.41) is 5.62. The minimum Gasteiger partial charge on any atom is -0.493 e. The van der Waals surface area contributed by atoms with Gasteiger partial charge in [0.2, 0.25) is 0 Å². The maximum absolute atomic E-state index is 12.6. The molecule has 7 nitrogen and oxygen atoms in total. The average Bonchev–Trinajstić information content (AvgIpc) is 2.73. The van der Waals surface area contributed by atoms with E-state index >= 15 is 0 Å². The third kappa shape index (κ3) is 4.90. The smallest absolute Gasteiger partial charge is 0.262 e. The van der Waals surface area contributed by atoms with Gasteiger partial charge in [0.05, 0.1) is 31.4 Å². The second kappa shape index (κ2) is 9.49. The number of nitrogens with one attached hydrogen (secondary N) is 2. The molecule has 0 spiro atoms. The Labute approximate surface area is 173 Å². The fourth-order valence-electron chi connectivity index (χ4n) is 2.76. The number of ether oxygens (including phenoxy) is 3.